The lowest BCUT2D eigenvalue weighted by Gasteiger charge is -2.21. The number of hydrogen-bond donors (Lipinski definition) is 2. The first-order valence-corrected chi connectivity index (χ1v) is 4.98. The van der Waals surface area contributed by atoms with Crippen LogP contribution in [0.5, 0.6) is 5.75 Å². The van der Waals surface area contributed by atoms with Gasteiger partial charge in [0, 0.05) is 5.56 Å². The summed E-state index contributed by atoms with van der Waals surface area (Å²) in [5, 5.41) is 9.42. The smallest absolute Gasteiger partial charge is 0.132 e. The minimum Gasteiger partial charge on any atom is -0.496 e. The standard InChI is InChI=1S/C12H19NO2/c1-12(2,3)8-5-6-10(15-4)9(7-8)11(13)14/h5-7,11,14H,13H2,1-4H3. The molecule has 1 aromatic carbocycles. The zero-order chi connectivity index (χ0) is 11.6. The summed E-state index contributed by atoms with van der Waals surface area (Å²) in [5.74, 6) is 0.623. The maximum Gasteiger partial charge on any atom is 0.132 e. The van der Waals surface area contributed by atoms with Crippen molar-refractivity contribution in [2.24, 2.45) is 5.73 Å². The summed E-state index contributed by atoms with van der Waals surface area (Å²) in [7, 11) is 1.57. The molecule has 3 heteroatoms. The Hall–Kier alpha value is -1.06. The van der Waals surface area contributed by atoms with E-state index in [0.29, 0.717) is 11.3 Å². The normalized spacial score (nSPS) is 13.7. The van der Waals surface area contributed by atoms with Crippen molar-refractivity contribution in [3.05, 3.63) is 29.3 Å². The zero-order valence-electron chi connectivity index (χ0n) is 9.74. The van der Waals surface area contributed by atoms with Crippen molar-refractivity contribution < 1.29 is 9.84 Å². The first-order valence-electron chi connectivity index (χ1n) is 4.98. The Morgan fingerprint density at radius 1 is 1.33 bits per heavy atom. The van der Waals surface area contributed by atoms with Gasteiger partial charge < -0.3 is 15.6 Å². The van der Waals surface area contributed by atoms with Crippen molar-refractivity contribution in [2.45, 2.75) is 32.4 Å². The maximum absolute atomic E-state index is 9.42. The van der Waals surface area contributed by atoms with Crippen LogP contribution in [0.3, 0.4) is 0 Å². The Morgan fingerprint density at radius 2 is 1.93 bits per heavy atom. The molecule has 3 N–H and O–H groups in total. The van der Waals surface area contributed by atoms with Crippen LogP contribution in [-0.2, 0) is 5.41 Å². The molecule has 0 aromatic heterocycles. The summed E-state index contributed by atoms with van der Waals surface area (Å²) in [6.07, 6.45) is -0.998. The summed E-state index contributed by atoms with van der Waals surface area (Å²) in [4.78, 5) is 0. The van der Waals surface area contributed by atoms with Crippen molar-refractivity contribution >= 4 is 0 Å². The van der Waals surface area contributed by atoms with E-state index in [-0.39, 0.29) is 5.41 Å². The molecule has 0 fully saturated rings. The fourth-order valence-electron chi connectivity index (χ4n) is 1.43. The summed E-state index contributed by atoms with van der Waals surface area (Å²) in [6, 6.07) is 5.72. The van der Waals surface area contributed by atoms with Crippen molar-refractivity contribution in [1.29, 1.82) is 0 Å². The highest BCUT2D eigenvalue weighted by Crippen LogP contribution is 2.29. The zero-order valence-corrected chi connectivity index (χ0v) is 9.74. The molecule has 1 aromatic rings. The predicted molar refractivity (Wildman–Crippen MR) is 60.8 cm³/mol. The molecule has 0 amide bonds. The predicted octanol–water partition coefficient (Wildman–Crippen LogP) is 1.94. The van der Waals surface area contributed by atoms with Gasteiger partial charge in [-0.15, -0.1) is 0 Å². The van der Waals surface area contributed by atoms with Crippen LogP contribution in [0.25, 0.3) is 0 Å². The summed E-state index contributed by atoms with van der Waals surface area (Å²) >= 11 is 0. The Labute approximate surface area is 90.9 Å². The quantitative estimate of drug-likeness (QED) is 0.732. The number of benzene rings is 1. The van der Waals surface area contributed by atoms with Crippen molar-refractivity contribution in [1.82, 2.24) is 0 Å². The van der Waals surface area contributed by atoms with Gasteiger partial charge in [-0.3, -0.25) is 0 Å². The number of rotatable bonds is 2. The van der Waals surface area contributed by atoms with E-state index in [1.54, 1.807) is 7.11 Å². The Morgan fingerprint density at radius 3 is 2.33 bits per heavy atom. The van der Waals surface area contributed by atoms with Gasteiger partial charge in [-0.2, -0.15) is 0 Å². The van der Waals surface area contributed by atoms with E-state index in [1.165, 1.54) is 0 Å². The SMILES string of the molecule is COc1ccc(C(C)(C)C)cc1C(N)O. The van der Waals surface area contributed by atoms with Gasteiger partial charge in [-0.25, -0.2) is 0 Å². The van der Waals surface area contributed by atoms with Gasteiger partial charge in [0.25, 0.3) is 0 Å². The van der Waals surface area contributed by atoms with Crippen LogP contribution in [0.15, 0.2) is 18.2 Å². The second kappa shape index (κ2) is 4.21. The van der Waals surface area contributed by atoms with Crippen LogP contribution in [-0.4, -0.2) is 12.2 Å². The minimum absolute atomic E-state index is 0.0376. The lowest BCUT2D eigenvalue weighted by atomic mass is 9.86. The Bertz CT molecular complexity index is 340. The van der Waals surface area contributed by atoms with E-state index in [4.69, 9.17) is 10.5 Å². The third kappa shape index (κ3) is 2.70. The van der Waals surface area contributed by atoms with E-state index in [1.807, 2.05) is 18.2 Å². The molecule has 0 saturated heterocycles. The molecule has 0 saturated carbocycles. The van der Waals surface area contributed by atoms with Crippen LogP contribution < -0.4 is 10.5 Å². The first kappa shape index (κ1) is 12.0. The van der Waals surface area contributed by atoms with Crippen molar-refractivity contribution in [3.63, 3.8) is 0 Å². The van der Waals surface area contributed by atoms with Crippen LogP contribution in [0.4, 0.5) is 0 Å². The monoisotopic (exact) mass is 209 g/mol. The molecule has 0 spiro atoms. The van der Waals surface area contributed by atoms with E-state index >= 15 is 0 Å². The second-order valence-corrected chi connectivity index (χ2v) is 4.65. The highest BCUT2D eigenvalue weighted by atomic mass is 16.5. The summed E-state index contributed by atoms with van der Waals surface area (Å²) < 4.78 is 5.13. The topological polar surface area (TPSA) is 55.5 Å². The van der Waals surface area contributed by atoms with E-state index in [2.05, 4.69) is 20.8 Å². The molecule has 0 bridgehead atoms. The lowest BCUT2D eigenvalue weighted by molar-refractivity contribution is 0.181. The van der Waals surface area contributed by atoms with Crippen molar-refractivity contribution in [2.75, 3.05) is 7.11 Å². The molecule has 1 atom stereocenters. The van der Waals surface area contributed by atoms with Crippen LogP contribution >= 0.6 is 0 Å². The largest absolute Gasteiger partial charge is 0.496 e. The average molecular weight is 209 g/mol. The average Bonchev–Trinajstić information content (AvgIpc) is 2.15. The van der Waals surface area contributed by atoms with Crippen molar-refractivity contribution in [3.8, 4) is 5.75 Å². The number of hydrogen-bond acceptors (Lipinski definition) is 3. The van der Waals surface area contributed by atoms with Gasteiger partial charge in [0.05, 0.1) is 7.11 Å². The highest BCUT2D eigenvalue weighted by Gasteiger charge is 2.17. The van der Waals surface area contributed by atoms with Gasteiger partial charge in [-0.05, 0) is 23.1 Å². The molecular formula is C12H19NO2. The highest BCUT2D eigenvalue weighted by molar-refractivity contribution is 5.40. The second-order valence-electron chi connectivity index (χ2n) is 4.65. The molecular weight excluding hydrogens is 190 g/mol. The fourth-order valence-corrected chi connectivity index (χ4v) is 1.43. The third-order valence-corrected chi connectivity index (χ3v) is 2.41. The first-order chi connectivity index (χ1) is 6.86. The molecule has 0 heterocycles. The van der Waals surface area contributed by atoms with Gasteiger partial charge in [0.15, 0.2) is 0 Å². The molecule has 0 radical (unpaired) electrons. The number of ether oxygens (including phenoxy) is 1. The number of nitrogens with two attached hydrogens (primary N) is 1. The van der Waals surface area contributed by atoms with Crippen LogP contribution in [0, 0.1) is 0 Å². The summed E-state index contributed by atoms with van der Waals surface area (Å²) in [5.41, 5.74) is 7.27. The van der Waals surface area contributed by atoms with Crippen LogP contribution in [0.2, 0.25) is 0 Å². The minimum atomic E-state index is -0.998. The Kier molecular flexibility index (Phi) is 3.37. The Balaban J connectivity index is 3.22. The third-order valence-electron chi connectivity index (χ3n) is 2.41. The molecule has 1 rings (SSSR count). The molecule has 0 aliphatic rings. The molecule has 0 aliphatic heterocycles. The van der Waals surface area contributed by atoms with E-state index in [9.17, 15) is 5.11 Å². The molecule has 3 nitrogen and oxygen atoms in total. The van der Waals surface area contributed by atoms with Gasteiger partial charge in [-0.1, -0.05) is 26.8 Å². The molecule has 15 heavy (non-hydrogen) atoms. The van der Waals surface area contributed by atoms with Crippen LogP contribution in [0.1, 0.15) is 38.1 Å². The number of aliphatic hydroxyl groups is 1. The van der Waals surface area contributed by atoms with Gasteiger partial charge >= 0.3 is 0 Å². The maximum atomic E-state index is 9.42. The van der Waals surface area contributed by atoms with Gasteiger partial charge in [0.2, 0.25) is 0 Å². The van der Waals surface area contributed by atoms with E-state index < -0.39 is 6.23 Å². The lowest BCUT2D eigenvalue weighted by Crippen LogP contribution is -2.15. The molecule has 84 valence electrons. The van der Waals surface area contributed by atoms with E-state index in [0.717, 1.165) is 5.56 Å². The fraction of sp³-hybridized carbons (Fsp3) is 0.500. The molecule has 0 aliphatic carbocycles. The summed E-state index contributed by atoms with van der Waals surface area (Å²) in [6.45, 7) is 6.34. The molecule has 1 unspecified atom stereocenters. The number of methoxy groups -OCH3 is 1. The number of aliphatic hydroxyl groups excluding tert-OH is 1. The van der Waals surface area contributed by atoms with Gasteiger partial charge in [0.1, 0.15) is 12.0 Å².